The molecule has 0 bridgehead atoms. The number of aromatic amines is 2. The van der Waals surface area contributed by atoms with Gasteiger partial charge >= 0.3 is 0 Å². The maximum absolute atomic E-state index is 13.6. The van der Waals surface area contributed by atoms with E-state index < -0.39 is 153 Å². The van der Waals surface area contributed by atoms with Crippen molar-refractivity contribution in [3.8, 4) is 23.0 Å². The van der Waals surface area contributed by atoms with Gasteiger partial charge in [-0.15, -0.1) is 0 Å². The molecule has 2 aromatic carbocycles. The summed E-state index contributed by atoms with van der Waals surface area (Å²) in [5, 5.41) is 64.4. The number of phenolic OH excluding ortho intramolecular Hbond substituents is 2. The molecule has 20 nitrogen and oxygen atoms in total. The van der Waals surface area contributed by atoms with E-state index in [2.05, 4.69) is 9.97 Å². The monoisotopic (exact) mass is 1090 g/mol. The van der Waals surface area contributed by atoms with Crippen LogP contribution in [0.3, 0.4) is 0 Å². The zero-order chi connectivity index (χ0) is 58.2. The number of aromatic nitrogens is 2. The van der Waals surface area contributed by atoms with Gasteiger partial charge in [0.15, 0.2) is 22.4 Å². The van der Waals surface area contributed by atoms with Crippen LogP contribution in [0.5, 0.6) is 23.0 Å². The summed E-state index contributed by atoms with van der Waals surface area (Å²) in [5.74, 6) is -4.87. The van der Waals surface area contributed by atoms with Crippen molar-refractivity contribution < 1.29 is 40.1 Å². The van der Waals surface area contributed by atoms with Crippen molar-refractivity contribution in [2.45, 2.75) is 57.3 Å². The van der Waals surface area contributed by atoms with Gasteiger partial charge in [0.05, 0.1) is 66.7 Å². The molecular formula is C61H44N2O18. The fourth-order valence-electron chi connectivity index (χ4n) is 12.6. The molecule has 0 amide bonds. The van der Waals surface area contributed by atoms with E-state index in [-0.39, 0.29) is 47.6 Å². The van der Waals surface area contributed by atoms with Crippen molar-refractivity contribution in [2.24, 2.45) is 0 Å². The number of phenols is 2. The quantitative estimate of drug-likeness (QED) is 0.105. The number of nitrogens with one attached hydrogen (secondary N) is 2. The predicted octanol–water partition coefficient (Wildman–Crippen LogP) is 0.514. The molecule has 81 heavy (non-hydrogen) atoms. The summed E-state index contributed by atoms with van der Waals surface area (Å²) >= 11 is 0. The van der Waals surface area contributed by atoms with E-state index >= 15 is 0 Å². The van der Waals surface area contributed by atoms with E-state index in [4.69, 9.17) is 9.47 Å². The number of hydrogen-bond donors (Lipinski definition) is 8. The summed E-state index contributed by atoms with van der Waals surface area (Å²) in [6, 6.07) is 6.60. The predicted molar refractivity (Wildman–Crippen MR) is 299 cm³/mol. The molecule has 2 heterocycles. The van der Waals surface area contributed by atoms with Crippen molar-refractivity contribution in [1.29, 1.82) is 0 Å². The molecule has 8 aliphatic rings. The van der Waals surface area contributed by atoms with Gasteiger partial charge in [-0.05, 0) is 98.2 Å². The highest BCUT2D eigenvalue weighted by Crippen LogP contribution is 2.56. The van der Waals surface area contributed by atoms with Crippen LogP contribution in [0.1, 0.15) is 65.9 Å². The number of methoxy groups -OCH3 is 2. The molecule has 406 valence electrons. The largest absolute Gasteiger partial charge is 0.510 e. The topological polar surface area (TPSA) is 342 Å². The van der Waals surface area contributed by atoms with Gasteiger partial charge in [-0.1, -0.05) is 42.5 Å². The van der Waals surface area contributed by atoms with Gasteiger partial charge < -0.3 is 50.1 Å². The number of H-pyrrole nitrogens is 2. The van der Waals surface area contributed by atoms with E-state index in [0.29, 0.717) is 38.9 Å². The smallest absolute Gasteiger partial charge is 0.260 e. The van der Waals surface area contributed by atoms with Crippen molar-refractivity contribution >= 4 is 56.7 Å². The Bertz CT molecular complexity index is 5440. The van der Waals surface area contributed by atoms with Gasteiger partial charge in [0, 0.05) is 34.6 Å². The fraction of sp³-hybridized carbons (Fsp3) is 0.180. The molecule has 2 atom stereocenters. The number of aliphatic hydroxyl groups excluding tert-OH is 4. The molecule has 4 aromatic rings. The van der Waals surface area contributed by atoms with Crippen molar-refractivity contribution in [3.63, 3.8) is 0 Å². The first kappa shape index (κ1) is 52.5. The number of pyridine rings is 2. The normalized spacial score (nSPS) is 18.1. The number of aromatic hydroxyl groups is 2. The van der Waals surface area contributed by atoms with Gasteiger partial charge in [-0.3, -0.25) is 47.9 Å². The number of rotatable bonds is 6. The lowest BCUT2D eigenvalue weighted by molar-refractivity contribution is 0.361. The SMILES string of the molecule is C/C=C/C=C/c1cc2c(C)c3c(c(O)c2c(=O)[nH]1)C1(CC3)C(O)=c2c(=O)c3c(=O)cc(OC)c(=O)c=3c(=O)c2=C1O.C/C=C/C=C/c1cc2cc3c(c(O)c2c(=O)[nH]1)C1(CC3)C(O)=c2c(=O)c3c(=O)cc(OC)c(=O)c=3c(=O)c2=C1O. The third-order valence-corrected chi connectivity index (χ3v) is 16.2. The number of aryl methyl sites for hydroxylation is 2. The highest BCUT2D eigenvalue weighted by Gasteiger charge is 2.55. The average Bonchev–Trinajstić information content (AvgIpc) is 4.31. The summed E-state index contributed by atoms with van der Waals surface area (Å²) in [7, 11) is 2.26. The minimum atomic E-state index is -1.94. The second-order valence-corrected chi connectivity index (χ2v) is 20.1. The Hall–Kier alpha value is -10.5. The van der Waals surface area contributed by atoms with E-state index in [1.807, 2.05) is 26.0 Å². The average molecular weight is 1090 g/mol. The third kappa shape index (κ3) is 6.82. The van der Waals surface area contributed by atoms with Crippen LogP contribution >= 0.6 is 0 Å². The number of benzene rings is 2. The lowest BCUT2D eigenvalue weighted by Gasteiger charge is -2.27. The van der Waals surface area contributed by atoms with E-state index in [1.165, 1.54) is 0 Å². The molecule has 2 aromatic heterocycles. The van der Waals surface area contributed by atoms with Crippen molar-refractivity contribution in [2.75, 3.05) is 14.2 Å². The van der Waals surface area contributed by atoms with Crippen LogP contribution in [0, 0.1) is 27.8 Å². The van der Waals surface area contributed by atoms with Crippen LogP contribution in [-0.4, -0.2) is 54.8 Å². The van der Waals surface area contributed by atoms with E-state index in [0.717, 1.165) is 26.4 Å². The highest BCUT2D eigenvalue weighted by molar-refractivity contribution is 5.98. The van der Waals surface area contributed by atoms with Crippen LogP contribution in [0.15, 0.2) is 115 Å². The van der Waals surface area contributed by atoms with E-state index in [9.17, 15) is 78.6 Å². The number of aliphatic hydroxyl groups is 4. The number of allylic oxidation sites excluding steroid dienone is 6. The highest BCUT2D eigenvalue weighted by atomic mass is 16.5. The minimum Gasteiger partial charge on any atom is -0.510 e. The first-order valence-electron chi connectivity index (χ1n) is 25.1. The lowest BCUT2D eigenvalue weighted by atomic mass is 9.78. The second kappa shape index (κ2) is 18.3. The van der Waals surface area contributed by atoms with Crippen LogP contribution in [0.25, 0.3) is 56.7 Å². The van der Waals surface area contributed by atoms with Crippen LogP contribution in [-0.2, 0) is 23.7 Å². The first-order chi connectivity index (χ1) is 38.6. The van der Waals surface area contributed by atoms with Gasteiger partial charge in [0.2, 0.25) is 32.6 Å². The number of hydrogen-bond acceptors (Lipinski definition) is 18. The molecule has 0 saturated carbocycles. The molecule has 0 fully saturated rings. The Morgan fingerprint density at radius 1 is 0.481 bits per heavy atom. The standard InChI is InChI=1S/C31H23NO9.C30H21NO9/c1-4-5-6-7-13-10-15-12(2)14-8-9-31(23(14)27(37)18(15)30(40)32-13)28(38)21-22(29(31)39)26(36)20-19(25(21)35)16(33)11-17(41-3)24(20)34;1-3-4-5-6-14-10-13-9-12-7-8-30(22(12)26(36)17(13)29(39)31-14)27(37)20-21(28(30)38)25(35)19-18(24(20)34)15(32)11-16(40-2)23(19)33/h4-7,10-11,37-39H,8-9H2,1-3H3,(H,32,40);3-6,9-11,36-38H,7-8H2,1-2H3,(H,31,39)/b5-4+,7-6+;4-3+,6-5+. The lowest BCUT2D eigenvalue weighted by Crippen LogP contribution is -2.51. The zero-order valence-electron chi connectivity index (χ0n) is 43.4. The Morgan fingerprint density at radius 3 is 1.37 bits per heavy atom. The molecule has 2 spiro atoms. The minimum absolute atomic E-state index is 0.0125. The van der Waals surface area contributed by atoms with E-state index in [1.54, 1.807) is 61.6 Å². The molecule has 0 saturated heterocycles. The Labute approximate surface area is 450 Å². The molecule has 12 rings (SSSR count). The summed E-state index contributed by atoms with van der Waals surface area (Å²) < 4.78 is 9.79. The van der Waals surface area contributed by atoms with Crippen LogP contribution < -0.4 is 84.9 Å². The van der Waals surface area contributed by atoms with Gasteiger partial charge in [0.25, 0.3) is 11.1 Å². The Balaban J connectivity index is 0.000000170. The molecule has 8 aliphatic carbocycles. The molecule has 0 radical (unpaired) electrons. The van der Waals surface area contributed by atoms with Crippen LogP contribution in [0.4, 0.5) is 0 Å². The summed E-state index contributed by atoms with van der Waals surface area (Å²) in [6.07, 6.45) is 14.3. The Kier molecular flexibility index (Phi) is 11.9. The van der Waals surface area contributed by atoms with Crippen molar-refractivity contribution in [1.82, 2.24) is 9.97 Å². The first-order valence-corrected chi connectivity index (χ1v) is 25.1. The van der Waals surface area contributed by atoms with Crippen LogP contribution in [0.2, 0.25) is 0 Å². The van der Waals surface area contributed by atoms with Gasteiger partial charge in [0.1, 0.15) is 45.4 Å². The fourth-order valence-corrected chi connectivity index (χ4v) is 12.6. The Morgan fingerprint density at radius 2 is 0.901 bits per heavy atom. The summed E-state index contributed by atoms with van der Waals surface area (Å²) in [5.41, 5.74) is -10.9. The molecule has 20 heteroatoms. The van der Waals surface area contributed by atoms with Gasteiger partial charge in [-0.25, -0.2) is 0 Å². The summed E-state index contributed by atoms with van der Waals surface area (Å²) in [4.78, 5) is 137. The second-order valence-electron chi connectivity index (χ2n) is 20.1. The molecule has 8 N–H and O–H groups in total. The number of ether oxygens (including phenoxy) is 2. The van der Waals surface area contributed by atoms with Crippen molar-refractivity contribution in [3.05, 3.63) is 250 Å². The number of fused-ring (bicyclic) bond motifs is 8. The summed E-state index contributed by atoms with van der Waals surface area (Å²) in [6.45, 7) is 5.43. The molecular weight excluding hydrogens is 1050 g/mol. The zero-order valence-corrected chi connectivity index (χ0v) is 43.4. The maximum atomic E-state index is 13.6. The molecule has 2 unspecified atom stereocenters. The van der Waals surface area contributed by atoms with Gasteiger partial charge in [-0.2, -0.15) is 0 Å². The maximum Gasteiger partial charge on any atom is 0.260 e. The molecule has 0 aliphatic heterocycles. The third-order valence-electron chi connectivity index (χ3n) is 16.2.